The van der Waals surface area contributed by atoms with Gasteiger partial charge in [-0.15, -0.1) is 0 Å². The third kappa shape index (κ3) is 2.31. The van der Waals surface area contributed by atoms with Gasteiger partial charge in [0.2, 0.25) is 5.91 Å². The highest BCUT2D eigenvalue weighted by molar-refractivity contribution is 6.08. The highest BCUT2D eigenvalue weighted by Crippen LogP contribution is 2.46. The van der Waals surface area contributed by atoms with Crippen molar-refractivity contribution in [2.45, 2.75) is 37.6 Å². The molecule has 3 rings (SSSR count). The van der Waals surface area contributed by atoms with Crippen molar-refractivity contribution >= 4 is 11.6 Å². The number of methoxy groups -OCH3 is 1. The second-order valence-corrected chi connectivity index (χ2v) is 6.43. The molecule has 1 fully saturated rings. The number of hydrogen-bond donors (Lipinski definition) is 1. The normalized spacial score (nSPS) is 25.2. The molecule has 0 saturated carbocycles. The fourth-order valence-electron chi connectivity index (χ4n) is 3.71. The van der Waals surface area contributed by atoms with E-state index in [1.165, 1.54) is 0 Å². The van der Waals surface area contributed by atoms with Crippen molar-refractivity contribution in [1.82, 2.24) is 5.32 Å². The van der Waals surface area contributed by atoms with E-state index >= 15 is 0 Å². The minimum Gasteiger partial charge on any atom is -0.502 e. The van der Waals surface area contributed by atoms with Crippen molar-refractivity contribution in [3.8, 4) is 0 Å². The van der Waals surface area contributed by atoms with E-state index in [1.54, 1.807) is 7.11 Å². The molecule has 1 atom stereocenters. The summed E-state index contributed by atoms with van der Waals surface area (Å²) in [6.45, 7) is 7.88. The zero-order chi connectivity index (χ0) is 15.7. The van der Waals surface area contributed by atoms with E-state index in [4.69, 9.17) is 4.74 Å². The van der Waals surface area contributed by atoms with Gasteiger partial charge in [-0.2, -0.15) is 0 Å². The van der Waals surface area contributed by atoms with Gasteiger partial charge in [-0.1, -0.05) is 24.8 Å². The van der Waals surface area contributed by atoms with Crippen molar-refractivity contribution in [3.05, 3.63) is 42.2 Å². The number of rotatable bonds is 4. The summed E-state index contributed by atoms with van der Waals surface area (Å²) >= 11 is 0. The molecule has 1 aromatic rings. The number of anilines is 1. The van der Waals surface area contributed by atoms with Crippen LogP contribution < -0.4 is 10.2 Å². The summed E-state index contributed by atoms with van der Waals surface area (Å²) in [5.74, 6) is 0.830. The fraction of sp³-hybridized carbons (Fsp3) is 0.500. The molecule has 22 heavy (non-hydrogen) atoms. The summed E-state index contributed by atoms with van der Waals surface area (Å²) in [6.07, 6.45) is 2.53. The van der Waals surface area contributed by atoms with Gasteiger partial charge in [0, 0.05) is 18.2 Å². The van der Waals surface area contributed by atoms with Crippen molar-refractivity contribution in [1.29, 1.82) is 0 Å². The summed E-state index contributed by atoms with van der Waals surface area (Å²) in [7, 11) is 1.61. The fourth-order valence-corrected chi connectivity index (χ4v) is 3.71. The predicted molar refractivity (Wildman–Crippen MR) is 87.9 cm³/mol. The van der Waals surface area contributed by atoms with Gasteiger partial charge in [-0.05, 0) is 44.5 Å². The molecule has 118 valence electrons. The Hall–Kier alpha value is -1.81. The van der Waals surface area contributed by atoms with Crippen molar-refractivity contribution in [3.63, 3.8) is 0 Å². The molecule has 0 radical (unpaired) electrons. The monoisotopic (exact) mass is 300 g/mol. The zero-order valence-electron chi connectivity index (χ0n) is 13.4. The SMILES string of the molecule is C=C(CC1(C)C(=O)N(C2CCNCC2)c2ccccc21)OC. The minimum atomic E-state index is -0.575. The number of hydrogen-bond acceptors (Lipinski definition) is 3. The highest BCUT2D eigenvalue weighted by atomic mass is 16.5. The van der Waals surface area contributed by atoms with E-state index in [9.17, 15) is 4.79 Å². The third-order valence-electron chi connectivity index (χ3n) is 4.96. The lowest BCUT2D eigenvalue weighted by atomic mass is 9.80. The number of nitrogens with zero attached hydrogens (tertiary/aromatic N) is 1. The number of fused-ring (bicyclic) bond motifs is 1. The van der Waals surface area contributed by atoms with Crippen LogP contribution in [0.15, 0.2) is 36.6 Å². The van der Waals surface area contributed by atoms with Crippen LogP contribution in [0.5, 0.6) is 0 Å². The lowest BCUT2D eigenvalue weighted by molar-refractivity contribution is -0.123. The molecule has 0 aliphatic carbocycles. The number of benzene rings is 1. The van der Waals surface area contributed by atoms with Crippen LogP contribution in [0.4, 0.5) is 5.69 Å². The second kappa shape index (κ2) is 5.76. The van der Waals surface area contributed by atoms with E-state index < -0.39 is 5.41 Å². The maximum atomic E-state index is 13.2. The zero-order valence-corrected chi connectivity index (χ0v) is 13.4. The number of carbonyl (C=O) groups excluding carboxylic acids is 1. The van der Waals surface area contributed by atoms with Crippen LogP contribution in [0.2, 0.25) is 0 Å². The first-order chi connectivity index (χ1) is 10.6. The van der Waals surface area contributed by atoms with E-state index in [0.29, 0.717) is 12.2 Å². The lowest BCUT2D eigenvalue weighted by Gasteiger charge is -2.33. The van der Waals surface area contributed by atoms with Crippen molar-refractivity contribution in [2.75, 3.05) is 25.1 Å². The molecule has 0 aromatic heterocycles. The molecular formula is C18H24N2O2. The molecule has 1 saturated heterocycles. The highest BCUT2D eigenvalue weighted by Gasteiger charge is 2.49. The number of para-hydroxylation sites is 1. The number of piperidine rings is 1. The Labute approximate surface area is 132 Å². The molecule has 1 amide bonds. The van der Waals surface area contributed by atoms with Crippen LogP contribution in [0.25, 0.3) is 0 Å². The van der Waals surface area contributed by atoms with Gasteiger partial charge >= 0.3 is 0 Å². The van der Waals surface area contributed by atoms with Crippen LogP contribution in [0, 0.1) is 0 Å². The van der Waals surface area contributed by atoms with Gasteiger partial charge < -0.3 is 15.0 Å². The van der Waals surface area contributed by atoms with Crippen LogP contribution >= 0.6 is 0 Å². The molecular weight excluding hydrogens is 276 g/mol. The smallest absolute Gasteiger partial charge is 0.238 e. The molecule has 1 aromatic carbocycles. The maximum Gasteiger partial charge on any atom is 0.238 e. The van der Waals surface area contributed by atoms with Gasteiger partial charge in [0.15, 0.2) is 0 Å². The van der Waals surface area contributed by atoms with E-state index in [0.717, 1.165) is 37.2 Å². The summed E-state index contributed by atoms with van der Waals surface area (Å²) in [5.41, 5.74) is 1.58. The van der Waals surface area contributed by atoms with Crippen LogP contribution in [-0.2, 0) is 14.9 Å². The second-order valence-electron chi connectivity index (χ2n) is 6.43. The molecule has 0 spiro atoms. The van der Waals surface area contributed by atoms with E-state index in [2.05, 4.69) is 24.0 Å². The molecule has 2 heterocycles. The molecule has 1 unspecified atom stereocenters. The summed E-state index contributed by atoms with van der Waals surface area (Å²) < 4.78 is 5.25. The first kappa shape index (κ1) is 15.1. The minimum absolute atomic E-state index is 0.179. The van der Waals surface area contributed by atoms with Crippen LogP contribution in [-0.4, -0.2) is 32.1 Å². The molecule has 4 heteroatoms. The Morgan fingerprint density at radius 2 is 2.09 bits per heavy atom. The summed E-state index contributed by atoms with van der Waals surface area (Å²) in [5, 5.41) is 3.37. The molecule has 4 nitrogen and oxygen atoms in total. The van der Waals surface area contributed by atoms with Crippen molar-refractivity contribution < 1.29 is 9.53 Å². The Balaban J connectivity index is 2.00. The quantitative estimate of drug-likeness (QED) is 0.869. The number of allylic oxidation sites excluding steroid dienone is 1. The average molecular weight is 300 g/mol. The van der Waals surface area contributed by atoms with Gasteiger partial charge in [-0.25, -0.2) is 0 Å². The van der Waals surface area contributed by atoms with Gasteiger partial charge in [0.05, 0.1) is 18.3 Å². The van der Waals surface area contributed by atoms with Gasteiger partial charge in [0.1, 0.15) is 0 Å². The molecule has 2 aliphatic heterocycles. The molecule has 2 aliphatic rings. The van der Waals surface area contributed by atoms with Gasteiger partial charge in [-0.3, -0.25) is 4.79 Å². The Kier molecular flexibility index (Phi) is 3.96. The van der Waals surface area contributed by atoms with Crippen LogP contribution in [0.1, 0.15) is 31.7 Å². The standard InChI is InChI=1S/C18H24N2O2/c1-13(22-3)12-18(2)15-6-4-5-7-16(15)20(17(18)21)14-8-10-19-11-9-14/h4-7,14,19H,1,8-12H2,2-3H3. The average Bonchev–Trinajstić information content (AvgIpc) is 2.77. The van der Waals surface area contributed by atoms with E-state index in [1.807, 2.05) is 24.0 Å². The Bertz CT molecular complexity index is 593. The van der Waals surface area contributed by atoms with Gasteiger partial charge in [0.25, 0.3) is 0 Å². The topological polar surface area (TPSA) is 41.6 Å². The number of nitrogens with one attached hydrogen (secondary N) is 1. The first-order valence-electron chi connectivity index (χ1n) is 7.93. The number of ether oxygens (including phenoxy) is 1. The number of carbonyl (C=O) groups is 1. The summed E-state index contributed by atoms with van der Waals surface area (Å²) in [4.78, 5) is 15.3. The third-order valence-corrected chi connectivity index (χ3v) is 4.96. The lowest BCUT2D eigenvalue weighted by Crippen LogP contribution is -2.48. The van der Waals surface area contributed by atoms with Crippen LogP contribution in [0.3, 0.4) is 0 Å². The largest absolute Gasteiger partial charge is 0.502 e. The summed E-state index contributed by atoms with van der Waals surface area (Å²) in [6, 6.07) is 8.43. The predicted octanol–water partition coefficient (Wildman–Crippen LogP) is 2.59. The molecule has 0 bridgehead atoms. The Morgan fingerprint density at radius 1 is 1.41 bits per heavy atom. The van der Waals surface area contributed by atoms with Crippen molar-refractivity contribution in [2.24, 2.45) is 0 Å². The maximum absolute atomic E-state index is 13.2. The van der Waals surface area contributed by atoms with E-state index in [-0.39, 0.29) is 11.9 Å². The first-order valence-corrected chi connectivity index (χ1v) is 7.93. The molecule has 1 N–H and O–H groups in total. The Morgan fingerprint density at radius 3 is 2.77 bits per heavy atom. The number of amides is 1.